The fourth-order valence-corrected chi connectivity index (χ4v) is 3.81. The van der Waals surface area contributed by atoms with E-state index in [2.05, 4.69) is 4.99 Å². The number of aliphatic imine (C=N–C) groups is 1. The molecule has 1 saturated heterocycles. The molecule has 0 saturated carbocycles. The van der Waals surface area contributed by atoms with Crippen molar-refractivity contribution in [3.63, 3.8) is 0 Å². The number of nitrogens with zero attached hydrogens (tertiary/aromatic N) is 2. The maximum Gasteiger partial charge on any atom is 0.355 e. The SMILES string of the molecule is CC1=C(C(=O)OC(C)(C)C)N2C(=O)[C@@H](N=CC(Cl)(Cl)C(C)Cl)[C@H]2SC1. The lowest BCUT2D eigenvalue weighted by molar-refractivity contribution is -0.157. The van der Waals surface area contributed by atoms with Crippen molar-refractivity contribution in [2.45, 2.75) is 61.3 Å². The molecule has 0 aromatic rings. The molecular formula is C16H21Cl3N2O3S. The predicted octanol–water partition coefficient (Wildman–Crippen LogP) is 3.76. The van der Waals surface area contributed by atoms with E-state index in [0.29, 0.717) is 11.4 Å². The van der Waals surface area contributed by atoms with Gasteiger partial charge in [0.05, 0.1) is 5.38 Å². The lowest BCUT2D eigenvalue weighted by Gasteiger charge is -2.48. The van der Waals surface area contributed by atoms with Crippen molar-refractivity contribution in [2.24, 2.45) is 4.99 Å². The van der Waals surface area contributed by atoms with Gasteiger partial charge in [0, 0.05) is 12.0 Å². The number of β-lactam (4-membered cyclic amide) rings is 1. The fourth-order valence-electron chi connectivity index (χ4n) is 2.36. The molecule has 2 rings (SSSR count). The van der Waals surface area contributed by atoms with Crippen molar-refractivity contribution < 1.29 is 14.3 Å². The van der Waals surface area contributed by atoms with E-state index in [1.54, 1.807) is 27.7 Å². The Bertz CT molecular complexity index is 641. The molecule has 2 aliphatic rings. The molecule has 5 nitrogen and oxygen atoms in total. The number of carbonyl (C=O) groups excluding carboxylic acids is 2. The second-order valence-electron chi connectivity index (χ2n) is 7.05. The van der Waals surface area contributed by atoms with Gasteiger partial charge in [0.1, 0.15) is 16.7 Å². The zero-order valence-corrected chi connectivity index (χ0v) is 17.8. The Morgan fingerprint density at radius 1 is 1.44 bits per heavy atom. The van der Waals surface area contributed by atoms with E-state index >= 15 is 0 Å². The Hall–Kier alpha value is -0.430. The van der Waals surface area contributed by atoms with Crippen LogP contribution in [0.25, 0.3) is 0 Å². The number of thioether (sulfide) groups is 1. The third-order valence-corrected chi connectivity index (χ3v) is 6.49. The van der Waals surface area contributed by atoms with Crippen LogP contribution in [0.3, 0.4) is 0 Å². The second-order valence-corrected chi connectivity index (χ2v) is 10.3. The van der Waals surface area contributed by atoms with Gasteiger partial charge >= 0.3 is 5.97 Å². The number of hydrogen-bond donors (Lipinski definition) is 0. The van der Waals surface area contributed by atoms with Crippen molar-refractivity contribution in [2.75, 3.05) is 5.75 Å². The highest BCUT2D eigenvalue weighted by Crippen LogP contribution is 2.42. The molecule has 0 spiro atoms. The molecule has 140 valence electrons. The molecule has 0 N–H and O–H groups in total. The van der Waals surface area contributed by atoms with Crippen molar-refractivity contribution in [1.29, 1.82) is 0 Å². The monoisotopic (exact) mass is 426 g/mol. The second kappa shape index (κ2) is 7.29. The van der Waals surface area contributed by atoms with Crippen LogP contribution in [0.15, 0.2) is 16.3 Å². The minimum atomic E-state index is -1.36. The Kier molecular flexibility index (Phi) is 6.09. The molecule has 9 heteroatoms. The molecule has 2 aliphatic heterocycles. The maximum absolute atomic E-state index is 12.5. The van der Waals surface area contributed by atoms with Crippen LogP contribution in [0, 0.1) is 0 Å². The van der Waals surface area contributed by atoms with Crippen LogP contribution in [0.4, 0.5) is 0 Å². The van der Waals surface area contributed by atoms with Crippen LogP contribution in [0.2, 0.25) is 0 Å². The van der Waals surface area contributed by atoms with Crippen LogP contribution in [-0.4, -0.2) is 55.5 Å². The molecule has 25 heavy (non-hydrogen) atoms. The molecule has 1 fully saturated rings. The summed E-state index contributed by atoms with van der Waals surface area (Å²) in [6.45, 7) is 8.83. The molecule has 0 aromatic heterocycles. The van der Waals surface area contributed by atoms with E-state index in [4.69, 9.17) is 39.5 Å². The number of esters is 1. The van der Waals surface area contributed by atoms with Gasteiger partial charge in [-0.2, -0.15) is 0 Å². The molecule has 1 unspecified atom stereocenters. The summed E-state index contributed by atoms with van der Waals surface area (Å²) in [5.74, 6) is -0.155. The van der Waals surface area contributed by atoms with Crippen LogP contribution >= 0.6 is 46.6 Å². The van der Waals surface area contributed by atoms with E-state index in [9.17, 15) is 9.59 Å². The summed E-state index contributed by atoms with van der Waals surface area (Å²) in [5, 5.41) is -0.839. The molecule has 2 heterocycles. The first-order chi connectivity index (χ1) is 11.3. The Morgan fingerprint density at radius 2 is 2.04 bits per heavy atom. The number of rotatable bonds is 4. The number of halogens is 3. The molecule has 3 atom stereocenters. The Morgan fingerprint density at radius 3 is 2.56 bits per heavy atom. The Balaban J connectivity index is 2.19. The van der Waals surface area contributed by atoms with Gasteiger partial charge in [0.15, 0.2) is 10.4 Å². The van der Waals surface area contributed by atoms with E-state index in [0.717, 1.165) is 5.57 Å². The highest BCUT2D eigenvalue weighted by Gasteiger charge is 2.53. The Labute approximate surface area is 167 Å². The van der Waals surface area contributed by atoms with E-state index in [1.807, 2.05) is 6.92 Å². The molecule has 0 aliphatic carbocycles. The van der Waals surface area contributed by atoms with E-state index in [-0.39, 0.29) is 11.3 Å². The molecule has 1 amide bonds. The lowest BCUT2D eigenvalue weighted by atomic mass is 10.0. The van der Waals surface area contributed by atoms with Gasteiger partial charge in [-0.15, -0.1) is 23.4 Å². The first-order valence-electron chi connectivity index (χ1n) is 7.79. The van der Waals surface area contributed by atoms with Gasteiger partial charge in [-0.1, -0.05) is 23.2 Å². The zero-order valence-electron chi connectivity index (χ0n) is 14.7. The van der Waals surface area contributed by atoms with Crippen molar-refractivity contribution in [1.82, 2.24) is 4.90 Å². The highest BCUT2D eigenvalue weighted by atomic mass is 35.5. The smallest absolute Gasteiger partial charge is 0.355 e. The van der Waals surface area contributed by atoms with E-state index in [1.165, 1.54) is 22.9 Å². The number of alkyl halides is 3. The van der Waals surface area contributed by atoms with Gasteiger partial charge in [-0.05, 0) is 40.2 Å². The molecular weight excluding hydrogens is 407 g/mol. The summed E-state index contributed by atoms with van der Waals surface area (Å²) in [5.41, 5.74) is 0.483. The van der Waals surface area contributed by atoms with E-state index < -0.39 is 27.3 Å². The van der Waals surface area contributed by atoms with Gasteiger partial charge in [-0.3, -0.25) is 14.7 Å². The van der Waals surface area contributed by atoms with Crippen molar-refractivity contribution >= 4 is 64.7 Å². The summed E-state index contributed by atoms with van der Waals surface area (Å²) >= 11 is 19.6. The summed E-state index contributed by atoms with van der Waals surface area (Å²) in [7, 11) is 0. The first kappa shape index (κ1) is 20.9. The largest absolute Gasteiger partial charge is 0.455 e. The first-order valence-corrected chi connectivity index (χ1v) is 10.0. The average Bonchev–Trinajstić information content (AvgIpc) is 2.45. The summed E-state index contributed by atoms with van der Waals surface area (Å²) in [6, 6.07) is -0.636. The average molecular weight is 428 g/mol. The minimum Gasteiger partial charge on any atom is -0.455 e. The normalized spacial score (nSPS) is 25.8. The summed E-state index contributed by atoms with van der Waals surface area (Å²) in [6.07, 6.45) is 1.30. The van der Waals surface area contributed by atoms with Gasteiger partial charge in [0.2, 0.25) is 0 Å². The topological polar surface area (TPSA) is 59.0 Å². The van der Waals surface area contributed by atoms with Crippen LogP contribution in [0.1, 0.15) is 34.6 Å². The highest BCUT2D eigenvalue weighted by molar-refractivity contribution is 8.00. The third kappa shape index (κ3) is 4.46. The number of carbonyl (C=O) groups is 2. The lowest BCUT2D eigenvalue weighted by Crippen LogP contribution is -2.64. The maximum atomic E-state index is 12.5. The minimum absolute atomic E-state index is 0.273. The van der Waals surface area contributed by atoms with Crippen LogP contribution in [-0.2, 0) is 14.3 Å². The van der Waals surface area contributed by atoms with Gasteiger partial charge in [-0.25, -0.2) is 4.79 Å². The third-order valence-electron chi connectivity index (χ3n) is 3.66. The fraction of sp³-hybridized carbons (Fsp3) is 0.688. The standard InChI is InChI=1S/C16H21Cl3N2O3S/c1-8-6-25-13-10(20-7-16(18,19)9(2)17)12(22)21(13)11(8)14(23)24-15(3,4)5/h7,9-10,13H,6H2,1-5H3/t9?,10-,13-/m1/s1. The van der Waals surface area contributed by atoms with Crippen molar-refractivity contribution in [3.05, 3.63) is 11.3 Å². The van der Waals surface area contributed by atoms with Crippen LogP contribution < -0.4 is 0 Å². The van der Waals surface area contributed by atoms with Gasteiger partial charge < -0.3 is 4.74 Å². The predicted molar refractivity (Wildman–Crippen MR) is 104 cm³/mol. The molecule has 0 radical (unpaired) electrons. The number of hydrogen-bond acceptors (Lipinski definition) is 5. The number of amides is 1. The number of ether oxygens (including phenoxy) is 1. The zero-order chi connectivity index (χ0) is 19.2. The van der Waals surface area contributed by atoms with Gasteiger partial charge in [0.25, 0.3) is 5.91 Å². The molecule has 0 bridgehead atoms. The number of fused-ring (bicyclic) bond motifs is 1. The van der Waals surface area contributed by atoms with Crippen molar-refractivity contribution in [3.8, 4) is 0 Å². The summed E-state index contributed by atoms with van der Waals surface area (Å²) in [4.78, 5) is 30.7. The molecule has 0 aromatic carbocycles. The quantitative estimate of drug-likeness (QED) is 0.297. The summed E-state index contributed by atoms with van der Waals surface area (Å²) < 4.78 is 4.07. The van der Waals surface area contributed by atoms with Crippen LogP contribution in [0.5, 0.6) is 0 Å².